The van der Waals surface area contributed by atoms with Crippen LogP contribution in [0.25, 0.3) is 0 Å². The second-order valence-electron chi connectivity index (χ2n) is 4.35. The molecule has 1 aliphatic carbocycles. The Kier molecular flexibility index (Phi) is 5.16. The van der Waals surface area contributed by atoms with Gasteiger partial charge in [0.25, 0.3) is 0 Å². The van der Waals surface area contributed by atoms with Gasteiger partial charge in [0.15, 0.2) is 0 Å². The lowest BCUT2D eigenvalue weighted by Crippen LogP contribution is -2.11. The highest BCUT2D eigenvalue weighted by Crippen LogP contribution is 2.34. The minimum Gasteiger partial charge on any atom is -0.385 e. The van der Waals surface area contributed by atoms with Crippen molar-refractivity contribution in [3.63, 3.8) is 0 Å². The first-order chi connectivity index (χ1) is 6.77. The average Bonchev–Trinajstić information content (AvgIpc) is 2.66. The molecule has 0 N–H and O–H groups in total. The third kappa shape index (κ3) is 3.41. The van der Waals surface area contributed by atoms with Crippen LogP contribution in [0.3, 0.4) is 0 Å². The summed E-state index contributed by atoms with van der Waals surface area (Å²) in [5.74, 6) is 1.65. The molecule has 0 aromatic heterocycles. The Labute approximate surface area is 87.0 Å². The molecule has 2 atom stereocenters. The van der Waals surface area contributed by atoms with Crippen molar-refractivity contribution in [2.24, 2.45) is 11.8 Å². The minimum atomic E-state index is 0.372. The number of carbonyl (C=O) groups is 1. The van der Waals surface area contributed by atoms with E-state index in [1.165, 1.54) is 12.8 Å². The molecular weight excluding hydrogens is 176 g/mol. The van der Waals surface area contributed by atoms with Gasteiger partial charge in [0, 0.05) is 26.1 Å². The molecule has 2 unspecified atom stereocenters. The highest BCUT2D eigenvalue weighted by molar-refractivity contribution is 5.81. The van der Waals surface area contributed by atoms with Crippen molar-refractivity contribution in [1.29, 1.82) is 0 Å². The Bertz CT molecular complexity index is 177. The van der Waals surface area contributed by atoms with Crippen molar-refractivity contribution in [3.8, 4) is 0 Å². The summed E-state index contributed by atoms with van der Waals surface area (Å²) < 4.78 is 4.94. The summed E-state index contributed by atoms with van der Waals surface area (Å²) in [6.07, 6.45) is 6.38. The van der Waals surface area contributed by atoms with E-state index < -0.39 is 0 Å². The average molecular weight is 198 g/mol. The normalized spacial score (nSPS) is 26.7. The van der Waals surface area contributed by atoms with Gasteiger partial charge in [-0.05, 0) is 31.6 Å². The maximum Gasteiger partial charge on any atom is 0.136 e. The highest BCUT2D eigenvalue weighted by Gasteiger charge is 2.27. The minimum absolute atomic E-state index is 0.372. The zero-order valence-corrected chi connectivity index (χ0v) is 9.42. The smallest absolute Gasteiger partial charge is 0.136 e. The zero-order valence-electron chi connectivity index (χ0n) is 9.42. The standard InChI is InChI=1S/C12H22O2/c1-3-10-6-7-11(9-10)12(13)5-4-8-14-2/h10-11H,3-9H2,1-2H3. The second-order valence-corrected chi connectivity index (χ2v) is 4.35. The van der Waals surface area contributed by atoms with Crippen molar-refractivity contribution < 1.29 is 9.53 Å². The lowest BCUT2D eigenvalue weighted by atomic mass is 9.97. The summed E-state index contributed by atoms with van der Waals surface area (Å²) >= 11 is 0. The SMILES string of the molecule is CCC1CCC(C(=O)CCCOC)C1. The van der Waals surface area contributed by atoms with Gasteiger partial charge < -0.3 is 4.74 Å². The molecule has 82 valence electrons. The van der Waals surface area contributed by atoms with E-state index >= 15 is 0 Å². The highest BCUT2D eigenvalue weighted by atomic mass is 16.5. The van der Waals surface area contributed by atoms with Crippen LogP contribution < -0.4 is 0 Å². The first kappa shape index (κ1) is 11.7. The topological polar surface area (TPSA) is 26.3 Å². The van der Waals surface area contributed by atoms with Gasteiger partial charge in [0.2, 0.25) is 0 Å². The van der Waals surface area contributed by atoms with Crippen LogP contribution in [0.2, 0.25) is 0 Å². The van der Waals surface area contributed by atoms with Crippen molar-refractivity contribution in [2.75, 3.05) is 13.7 Å². The fraction of sp³-hybridized carbons (Fsp3) is 0.917. The summed E-state index contributed by atoms with van der Waals surface area (Å²) in [7, 11) is 1.69. The molecule has 14 heavy (non-hydrogen) atoms. The van der Waals surface area contributed by atoms with Gasteiger partial charge in [-0.15, -0.1) is 0 Å². The molecule has 1 fully saturated rings. The molecule has 1 rings (SSSR count). The molecule has 0 aromatic carbocycles. The van der Waals surface area contributed by atoms with Crippen LogP contribution >= 0.6 is 0 Å². The predicted octanol–water partition coefficient (Wildman–Crippen LogP) is 2.81. The largest absolute Gasteiger partial charge is 0.385 e. The monoisotopic (exact) mass is 198 g/mol. The summed E-state index contributed by atoms with van der Waals surface area (Å²) in [5, 5.41) is 0. The number of rotatable bonds is 6. The van der Waals surface area contributed by atoms with Crippen LogP contribution in [-0.4, -0.2) is 19.5 Å². The van der Waals surface area contributed by atoms with Crippen LogP contribution in [0.5, 0.6) is 0 Å². The predicted molar refractivity (Wildman–Crippen MR) is 57.2 cm³/mol. The fourth-order valence-electron chi connectivity index (χ4n) is 2.33. The van der Waals surface area contributed by atoms with Crippen molar-refractivity contribution in [2.45, 2.75) is 45.4 Å². The number of hydrogen-bond acceptors (Lipinski definition) is 2. The van der Waals surface area contributed by atoms with Crippen LogP contribution in [0.4, 0.5) is 0 Å². The summed E-state index contributed by atoms with van der Waals surface area (Å²) in [4.78, 5) is 11.7. The fourth-order valence-corrected chi connectivity index (χ4v) is 2.33. The zero-order chi connectivity index (χ0) is 10.4. The Hall–Kier alpha value is -0.370. The number of Topliss-reactive ketones (excluding diaryl/α,β-unsaturated/α-hetero) is 1. The Morgan fingerprint density at radius 2 is 2.21 bits per heavy atom. The number of methoxy groups -OCH3 is 1. The van der Waals surface area contributed by atoms with E-state index in [9.17, 15) is 4.79 Å². The molecule has 0 spiro atoms. The lowest BCUT2D eigenvalue weighted by Gasteiger charge is -2.08. The Balaban J connectivity index is 2.18. The molecule has 0 amide bonds. The van der Waals surface area contributed by atoms with Gasteiger partial charge >= 0.3 is 0 Å². The van der Waals surface area contributed by atoms with E-state index in [-0.39, 0.29) is 0 Å². The molecule has 0 heterocycles. The number of hydrogen-bond donors (Lipinski definition) is 0. The van der Waals surface area contributed by atoms with Gasteiger partial charge in [-0.25, -0.2) is 0 Å². The van der Waals surface area contributed by atoms with Gasteiger partial charge in [0.1, 0.15) is 5.78 Å². The molecule has 0 aliphatic heterocycles. The van der Waals surface area contributed by atoms with Gasteiger partial charge in [-0.3, -0.25) is 4.79 Å². The van der Waals surface area contributed by atoms with Crippen molar-refractivity contribution in [3.05, 3.63) is 0 Å². The van der Waals surface area contributed by atoms with Gasteiger partial charge in [-0.1, -0.05) is 13.3 Å². The van der Waals surface area contributed by atoms with Crippen LogP contribution in [-0.2, 0) is 9.53 Å². The van der Waals surface area contributed by atoms with Crippen LogP contribution in [0.1, 0.15) is 45.4 Å². The number of ether oxygens (including phenoxy) is 1. The molecule has 1 aliphatic rings. The van der Waals surface area contributed by atoms with E-state index in [1.54, 1.807) is 7.11 Å². The summed E-state index contributed by atoms with van der Waals surface area (Å²) in [6.45, 7) is 2.94. The molecule has 0 aromatic rings. The molecule has 0 bridgehead atoms. The van der Waals surface area contributed by atoms with E-state index in [0.717, 1.165) is 38.2 Å². The quantitative estimate of drug-likeness (QED) is 0.613. The van der Waals surface area contributed by atoms with Crippen LogP contribution in [0, 0.1) is 11.8 Å². The van der Waals surface area contributed by atoms with Gasteiger partial charge in [0.05, 0.1) is 0 Å². The number of carbonyl (C=O) groups excluding carboxylic acids is 1. The summed E-state index contributed by atoms with van der Waals surface area (Å²) in [5.41, 5.74) is 0. The Morgan fingerprint density at radius 3 is 2.79 bits per heavy atom. The van der Waals surface area contributed by atoms with E-state index in [4.69, 9.17) is 4.74 Å². The van der Waals surface area contributed by atoms with E-state index in [1.807, 2.05) is 0 Å². The van der Waals surface area contributed by atoms with Crippen LogP contribution in [0.15, 0.2) is 0 Å². The molecule has 0 radical (unpaired) electrons. The molecule has 2 nitrogen and oxygen atoms in total. The lowest BCUT2D eigenvalue weighted by molar-refractivity contribution is -0.123. The molecule has 1 saturated carbocycles. The van der Waals surface area contributed by atoms with Crippen molar-refractivity contribution >= 4 is 5.78 Å². The van der Waals surface area contributed by atoms with E-state index in [2.05, 4.69) is 6.92 Å². The van der Waals surface area contributed by atoms with E-state index in [0.29, 0.717) is 11.7 Å². The Morgan fingerprint density at radius 1 is 1.43 bits per heavy atom. The maximum atomic E-state index is 11.7. The number of ketones is 1. The maximum absolute atomic E-state index is 11.7. The summed E-state index contributed by atoms with van der Waals surface area (Å²) in [6, 6.07) is 0. The third-order valence-electron chi connectivity index (χ3n) is 3.35. The van der Waals surface area contributed by atoms with Crippen molar-refractivity contribution in [1.82, 2.24) is 0 Å². The molecule has 2 heteroatoms. The second kappa shape index (κ2) is 6.18. The first-order valence-corrected chi connectivity index (χ1v) is 5.79. The molecular formula is C12H22O2. The van der Waals surface area contributed by atoms with Gasteiger partial charge in [-0.2, -0.15) is 0 Å². The third-order valence-corrected chi connectivity index (χ3v) is 3.35. The molecule has 0 saturated heterocycles. The first-order valence-electron chi connectivity index (χ1n) is 5.79.